The van der Waals surface area contributed by atoms with Crippen LogP contribution in [0.4, 0.5) is 10.5 Å². The molecule has 1 aliphatic rings. The van der Waals surface area contributed by atoms with E-state index in [4.69, 9.17) is 0 Å². The van der Waals surface area contributed by atoms with E-state index >= 15 is 0 Å². The number of nitrogens with one attached hydrogen (secondary N) is 2. The van der Waals surface area contributed by atoms with Crippen LogP contribution in [0.2, 0.25) is 0 Å². The molecule has 168 valence electrons. The summed E-state index contributed by atoms with van der Waals surface area (Å²) < 4.78 is 0. The molecule has 7 nitrogen and oxygen atoms in total. The maximum atomic E-state index is 13.3. The number of imide groups is 1. The van der Waals surface area contributed by atoms with Gasteiger partial charge >= 0.3 is 6.03 Å². The van der Waals surface area contributed by atoms with Gasteiger partial charge in [-0.3, -0.25) is 19.3 Å². The number of ketones is 1. The van der Waals surface area contributed by atoms with E-state index in [1.165, 1.54) is 0 Å². The number of nitrogens with zero attached hydrogens (tertiary/aromatic N) is 1. The van der Waals surface area contributed by atoms with Crippen LogP contribution in [0.5, 0.6) is 0 Å². The molecule has 0 radical (unpaired) electrons. The first-order valence-corrected chi connectivity index (χ1v) is 10.9. The van der Waals surface area contributed by atoms with Crippen molar-refractivity contribution < 1.29 is 19.2 Å². The van der Waals surface area contributed by atoms with Gasteiger partial charge in [0.25, 0.3) is 5.91 Å². The van der Waals surface area contributed by atoms with Crippen LogP contribution < -0.4 is 10.6 Å². The first kappa shape index (κ1) is 22.2. The molecule has 2 N–H and O–H groups in total. The predicted molar refractivity (Wildman–Crippen MR) is 126 cm³/mol. The second-order valence-corrected chi connectivity index (χ2v) is 8.27. The standard InChI is InChI=1S/C26H25N3O4/c1-3-7-23(31)27-19-14-12-18(13-15-19)22(30)16-29-24(32)26(2,28-25(29)33)21-11-6-9-17-8-4-5-10-20(17)21/h4-6,8-15H,3,7,16H2,1-2H3,(H,27,31)(H,28,33)/t26-/m1/s1. The Labute approximate surface area is 191 Å². The van der Waals surface area contributed by atoms with E-state index in [1.807, 2.05) is 49.4 Å². The Bertz CT molecular complexity index is 1250. The third-order valence-corrected chi connectivity index (χ3v) is 5.87. The fourth-order valence-corrected chi connectivity index (χ4v) is 4.11. The van der Waals surface area contributed by atoms with Gasteiger partial charge in [-0.1, -0.05) is 49.4 Å². The molecular formula is C26H25N3O4. The van der Waals surface area contributed by atoms with Crippen molar-refractivity contribution in [1.29, 1.82) is 0 Å². The Morgan fingerprint density at radius 1 is 0.970 bits per heavy atom. The van der Waals surface area contributed by atoms with E-state index in [0.717, 1.165) is 22.1 Å². The fourth-order valence-electron chi connectivity index (χ4n) is 4.11. The molecule has 0 aromatic heterocycles. The Balaban J connectivity index is 1.52. The summed E-state index contributed by atoms with van der Waals surface area (Å²) in [5, 5.41) is 7.36. The van der Waals surface area contributed by atoms with Crippen molar-refractivity contribution in [3.05, 3.63) is 77.9 Å². The second-order valence-electron chi connectivity index (χ2n) is 8.27. The van der Waals surface area contributed by atoms with Crippen LogP contribution in [-0.2, 0) is 15.1 Å². The molecule has 1 saturated heterocycles. The third kappa shape index (κ3) is 4.22. The number of hydrogen-bond donors (Lipinski definition) is 2. The molecule has 0 spiro atoms. The molecule has 4 amide bonds. The maximum absolute atomic E-state index is 13.3. The fraction of sp³-hybridized carbons (Fsp3) is 0.231. The number of benzene rings is 3. The molecule has 0 aliphatic carbocycles. The summed E-state index contributed by atoms with van der Waals surface area (Å²) in [6.07, 6.45) is 1.16. The summed E-state index contributed by atoms with van der Waals surface area (Å²) in [6, 6.07) is 19.1. The van der Waals surface area contributed by atoms with E-state index in [2.05, 4.69) is 10.6 Å². The lowest BCUT2D eigenvalue weighted by molar-refractivity contribution is -0.130. The molecule has 4 rings (SSSR count). The number of urea groups is 1. The number of hydrogen-bond acceptors (Lipinski definition) is 4. The van der Waals surface area contributed by atoms with Crippen LogP contribution in [0.1, 0.15) is 42.6 Å². The van der Waals surface area contributed by atoms with Crippen LogP contribution in [0.15, 0.2) is 66.7 Å². The van der Waals surface area contributed by atoms with Gasteiger partial charge in [-0.15, -0.1) is 0 Å². The van der Waals surface area contributed by atoms with Crippen molar-refractivity contribution in [3.63, 3.8) is 0 Å². The van der Waals surface area contributed by atoms with Crippen LogP contribution in [0.3, 0.4) is 0 Å². The largest absolute Gasteiger partial charge is 0.326 e. The zero-order valence-corrected chi connectivity index (χ0v) is 18.6. The minimum atomic E-state index is -1.27. The Kier molecular flexibility index (Phi) is 5.96. The monoisotopic (exact) mass is 443 g/mol. The summed E-state index contributed by atoms with van der Waals surface area (Å²) in [6.45, 7) is 3.21. The quantitative estimate of drug-likeness (QED) is 0.422. The Morgan fingerprint density at radius 3 is 2.39 bits per heavy atom. The summed E-state index contributed by atoms with van der Waals surface area (Å²) in [4.78, 5) is 51.5. The minimum Gasteiger partial charge on any atom is -0.326 e. The highest BCUT2D eigenvalue weighted by Crippen LogP contribution is 2.33. The molecule has 1 fully saturated rings. The average molecular weight is 444 g/mol. The SMILES string of the molecule is CCCC(=O)Nc1ccc(C(=O)CN2C(=O)N[C@](C)(c3cccc4ccccc34)C2=O)cc1. The summed E-state index contributed by atoms with van der Waals surface area (Å²) in [5.74, 6) is -0.934. The third-order valence-electron chi connectivity index (χ3n) is 5.87. The van der Waals surface area contributed by atoms with Gasteiger partial charge in [-0.2, -0.15) is 0 Å². The van der Waals surface area contributed by atoms with Gasteiger partial charge in [0, 0.05) is 17.7 Å². The minimum absolute atomic E-state index is 0.0939. The molecule has 3 aromatic carbocycles. The average Bonchev–Trinajstić information content (AvgIpc) is 3.03. The van der Waals surface area contributed by atoms with Gasteiger partial charge in [0.05, 0.1) is 6.54 Å². The molecule has 0 bridgehead atoms. The number of carbonyl (C=O) groups excluding carboxylic acids is 4. The van der Waals surface area contributed by atoms with Crippen molar-refractivity contribution in [2.24, 2.45) is 0 Å². The van der Waals surface area contributed by atoms with E-state index in [1.54, 1.807) is 31.2 Å². The van der Waals surface area contributed by atoms with Gasteiger partial charge in [0.15, 0.2) is 5.78 Å². The van der Waals surface area contributed by atoms with Crippen molar-refractivity contribution in [1.82, 2.24) is 10.2 Å². The lowest BCUT2D eigenvalue weighted by Crippen LogP contribution is -2.41. The van der Waals surface area contributed by atoms with Gasteiger partial charge < -0.3 is 10.6 Å². The van der Waals surface area contributed by atoms with Gasteiger partial charge in [0.1, 0.15) is 5.54 Å². The van der Waals surface area contributed by atoms with Crippen LogP contribution in [0, 0.1) is 0 Å². The molecule has 1 heterocycles. The van der Waals surface area contributed by atoms with Crippen molar-refractivity contribution in [3.8, 4) is 0 Å². The molecule has 33 heavy (non-hydrogen) atoms. The van der Waals surface area contributed by atoms with E-state index in [9.17, 15) is 19.2 Å². The summed E-state index contributed by atoms with van der Waals surface area (Å²) in [7, 11) is 0. The maximum Gasteiger partial charge on any atom is 0.325 e. The van der Waals surface area contributed by atoms with Crippen LogP contribution in [0.25, 0.3) is 10.8 Å². The molecule has 7 heteroatoms. The molecular weight excluding hydrogens is 418 g/mol. The van der Waals surface area contributed by atoms with Crippen LogP contribution >= 0.6 is 0 Å². The number of fused-ring (bicyclic) bond motifs is 1. The van der Waals surface area contributed by atoms with E-state index < -0.39 is 17.5 Å². The zero-order chi connectivity index (χ0) is 23.6. The molecule has 1 aliphatic heterocycles. The van der Waals surface area contributed by atoms with Gasteiger partial charge in [0.2, 0.25) is 5.91 Å². The van der Waals surface area contributed by atoms with Crippen molar-refractivity contribution in [2.45, 2.75) is 32.2 Å². The lowest BCUT2D eigenvalue weighted by Gasteiger charge is -2.24. The molecule has 0 saturated carbocycles. The number of amides is 4. The predicted octanol–water partition coefficient (Wildman–Crippen LogP) is 4.23. The normalized spacial score (nSPS) is 17.8. The molecule has 0 unspecified atom stereocenters. The summed E-state index contributed by atoms with van der Waals surface area (Å²) in [5.41, 5.74) is 0.346. The smallest absolute Gasteiger partial charge is 0.325 e. The first-order valence-electron chi connectivity index (χ1n) is 10.9. The van der Waals surface area contributed by atoms with Gasteiger partial charge in [-0.05, 0) is 53.9 Å². The highest BCUT2D eigenvalue weighted by molar-refractivity contribution is 6.12. The van der Waals surface area contributed by atoms with Crippen molar-refractivity contribution in [2.75, 3.05) is 11.9 Å². The number of anilines is 1. The highest BCUT2D eigenvalue weighted by atomic mass is 16.2. The Morgan fingerprint density at radius 2 is 1.67 bits per heavy atom. The summed E-state index contributed by atoms with van der Waals surface area (Å²) >= 11 is 0. The van der Waals surface area contributed by atoms with E-state index in [0.29, 0.717) is 23.2 Å². The number of Topliss-reactive ketones (excluding diaryl/α,β-unsaturated/α-hetero) is 1. The zero-order valence-electron chi connectivity index (χ0n) is 18.6. The number of rotatable bonds is 7. The first-order chi connectivity index (χ1) is 15.8. The highest BCUT2D eigenvalue weighted by Gasteiger charge is 2.50. The van der Waals surface area contributed by atoms with Crippen LogP contribution in [-0.4, -0.2) is 35.1 Å². The second kappa shape index (κ2) is 8.86. The molecule has 1 atom stereocenters. The topological polar surface area (TPSA) is 95.6 Å². The lowest BCUT2D eigenvalue weighted by atomic mass is 9.88. The Hall–Kier alpha value is -4.00. The number of carbonyl (C=O) groups is 4. The molecule has 3 aromatic rings. The van der Waals surface area contributed by atoms with Crippen molar-refractivity contribution >= 4 is 40.1 Å². The van der Waals surface area contributed by atoms with Gasteiger partial charge in [-0.25, -0.2) is 4.79 Å². The van der Waals surface area contributed by atoms with E-state index in [-0.39, 0.29) is 18.2 Å².